The molecule has 9 rings (SSSR count). The standard InChI is InChI=1S/C45H74O16/c1-19-9-14-45(55-17-19)20(2)30-28(61-45)16-27-25-8-7-23-15-24(10-12-43(23,5)26(25)11-13-44(27,30)6)58-42-38(53)35(50)39(60-41-37(52)34(49)32(47)22(4)57-41)29(59-42)18-54-40-36(51)33(48)31(46)21(3)56-40/h19-42,46-53H,7-18H2,1-6H3. The van der Waals surface area contributed by atoms with Crippen LogP contribution in [-0.4, -0.2) is 164 Å². The maximum Gasteiger partial charge on any atom is 0.187 e. The van der Waals surface area contributed by atoms with Gasteiger partial charge < -0.3 is 78.7 Å². The van der Waals surface area contributed by atoms with Gasteiger partial charge in [-0.15, -0.1) is 0 Å². The monoisotopic (exact) mass is 870 g/mol. The summed E-state index contributed by atoms with van der Waals surface area (Å²) >= 11 is 0. The van der Waals surface area contributed by atoms with Crippen molar-refractivity contribution in [2.24, 2.45) is 52.3 Å². The van der Waals surface area contributed by atoms with Crippen molar-refractivity contribution in [2.45, 2.75) is 216 Å². The van der Waals surface area contributed by atoms with Gasteiger partial charge in [0.05, 0.1) is 37.6 Å². The maximum absolute atomic E-state index is 11.6. The molecule has 27 atom stereocenters. The molecular weight excluding hydrogens is 796 g/mol. The van der Waals surface area contributed by atoms with Gasteiger partial charge in [0.25, 0.3) is 0 Å². The average Bonchev–Trinajstić information content (AvgIpc) is 3.68. The molecule has 27 unspecified atom stereocenters. The van der Waals surface area contributed by atoms with E-state index in [1.807, 2.05) is 0 Å². The zero-order valence-corrected chi connectivity index (χ0v) is 36.7. The van der Waals surface area contributed by atoms with Crippen LogP contribution in [0.15, 0.2) is 0 Å². The Morgan fingerprint density at radius 3 is 1.92 bits per heavy atom. The van der Waals surface area contributed by atoms with Crippen LogP contribution in [0.3, 0.4) is 0 Å². The van der Waals surface area contributed by atoms with Crippen molar-refractivity contribution in [1.29, 1.82) is 0 Å². The van der Waals surface area contributed by atoms with Crippen LogP contribution < -0.4 is 0 Å². The van der Waals surface area contributed by atoms with E-state index < -0.39 is 105 Å². The summed E-state index contributed by atoms with van der Waals surface area (Å²) in [6, 6.07) is 0. The van der Waals surface area contributed by atoms with E-state index in [1.54, 1.807) is 0 Å². The van der Waals surface area contributed by atoms with Gasteiger partial charge in [-0.3, -0.25) is 0 Å². The number of hydrogen-bond acceptors (Lipinski definition) is 16. The molecule has 5 saturated heterocycles. The van der Waals surface area contributed by atoms with Crippen molar-refractivity contribution >= 4 is 0 Å². The molecule has 0 radical (unpaired) electrons. The third kappa shape index (κ3) is 7.59. The number of rotatable bonds is 7. The minimum atomic E-state index is -1.70. The fourth-order valence-corrected chi connectivity index (χ4v) is 14.5. The van der Waals surface area contributed by atoms with Crippen molar-refractivity contribution in [1.82, 2.24) is 0 Å². The smallest absolute Gasteiger partial charge is 0.187 e. The van der Waals surface area contributed by atoms with Gasteiger partial charge in [0, 0.05) is 12.3 Å². The number of fused-ring (bicyclic) bond motifs is 7. The molecule has 16 heteroatoms. The van der Waals surface area contributed by atoms with E-state index in [4.69, 9.17) is 37.9 Å². The molecule has 350 valence electrons. The lowest BCUT2D eigenvalue weighted by atomic mass is 9.44. The van der Waals surface area contributed by atoms with Gasteiger partial charge in [-0.05, 0) is 118 Å². The highest BCUT2D eigenvalue weighted by Gasteiger charge is 2.69. The molecule has 9 aliphatic rings. The Morgan fingerprint density at radius 1 is 0.590 bits per heavy atom. The average molecular weight is 871 g/mol. The molecule has 5 heterocycles. The molecule has 4 saturated carbocycles. The number of aliphatic hydroxyl groups excluding tert-OH is 8. The summed E-state index contributed by atoms with van der Waals surface area (Å²) < 4.78 is 49.6. The second-order valence-corrected chi connectivity index (χ2v) is 21.5. The van der Waals surface area contributed by atoms with Crippen molar-refractivity contribution in [3.63, 3.8) is 0 Å². The van der Waals surface area contributed by atoms with Crippen LogP contribution in [0.1, 0.15) is 106 Å². The van der Waals surface area contributed by atoms with Crippen molar-refractivity contribution in [3.8, 4) is 0 Å². The molecule has 4 aliphatic carbocycles. The summed E-state index contributed by atoms with van der Waals surface area (Å²) in [5, 5.41) is 85.8. The Kier molecular flexibility index (Phi) is 12.6. The molecule has 1 spiro atoms. The predicted molar refractivity (Wildman–Crippen MR) is 213 cm³/mol. The first kappa shape index (κ1) is 45.5. The molecule has 16 nitrogen and oxygen atoms in total. The number of ether oxygens (including phenoxy) is 8. The molecule has 8 N–H and O–H groups in total. The summed E-state index contributed by atoms with van der Waals surface area (Å²) in [6.07, 6.45) is -10.6. The molecule has 5 aliphatic heterocycles. The molecule has 0 bridgehead atoms. The third-order valence-electron chi connectivity index (χ3n) is 18.2. The number of hydrogen-bond donors (Lipinski definition) is 8. The van der Waals surface area contributed by atoms with E-state index in [-0.39, 0.29) is 23.0 Å². The fraction of sp³-hybridized carbons (Fsp3) is 1.00. The maximum atomic E-state index is 11.6. The Morgan fingerprint density at radius 2 is 1.23 bits per heavy atom. The Labute approximate surface area is 359 Å². The SMILES string of the molecule is CC1CCC2(OC1)OC1CC3C4CCC5CC(OC6OC(COC7OC(C)C(O)C(O)C7O)C(OC7OC(C)C(O)C(O)C7O)C(O)C6O)CCC5(C)C4CCC3(C)C1C2C. The van der Waals surface area contributed by atoms with E-state index >= 15 is 0 Å². The Bertz CT molecular complexity index is 1530. The summed E-state index contributed by atoms with van der Waals surface area (Å²) in [6.45, 7) is 13.1. The number of aliphatic hydroxyl groups is 8. The highest BCUT2D eigenvalue weighted by molar-refractivity contribution is 5.15. The zero-order valence-electron chi connectivity index (χ0n) is 36.7. The zero-order chi connectivity index (χ0) is 43.5. The lowest BCUT2D eigenvalue weighted by molar-refractivity contribution is -0.369. The first-order valence-corrected chi connectivity index (χ1v) is 23.5. The van der Waals surface area contributed by atoms with E-state index in [0.29, 0.717) is 41.4 Å². The molecule has 61 heavy (non-hydrogen) atoms. The van der Waals surface area contributed by atoms with Crippen molar-refractivity contribution < 1.29 is 78.7 Å². The topological polar surface area (TPSA) is 236 Å². The first-order chi connectivity index (χ1) is 28.9. The minimum absolute atomic E-state index is 0.144. The summed E-state index contributed by atoms with van der Waals surface area (Å²) in [5.74, 6) is 3.37. The normalized spacial score (nSPS) is 59.7. The minimum Gasteiger partial charge on any atom is -0.388 e. The van der Waals surface area contributed by atoms with E-state index in [1.165, 1.54) is 33.1 Å². The Hall–Kier alpha value is -0.640. The third-order valence-corrected chi connectivity index (χ3v) is 18.2. The Balaban J connectivity index is 0.863. The molecule has 0 amide bonds. The van der Waals surface area contributed by atoms with Gasteiger partial charge in [-0.25, -0.2) is 0 Å². The quantitative estimate of drug-likeness (QED) is 0.169. The van der Waals surface area contributed by atoms with E-state index in [2.05, 4.69) is 27.7 Å². The van der Waals surface area contributed by atoms with Crippen LogP contribution in [-0.2, 0) is 37.9 Å². The van der Waals surface area contributed by atoms with Gasteiger partial charge in [0.2, 0.25) is 0 Å². The lowest BCUT2D eigenvalue weighted by Gasteiger charge is -2.61. The van der Waals surface area contributed by atoms with Crippen LogP contribution in [0.2, 0.25) is 0 Å². The first-order valence-electron chi connectivity index (χ1n) is 23.5. The second-order valence-electron chi connectivity index (χ2n) is 21.5. The van der Waals surface area contributed by atoms with Gasteiger partial charge in [-0.2, -0.15) is 0 Å². The molecule has 0 aromatic heterocycles. The molecule has 0 aromatic carbocycles. The highest BCUT2D eigenvalue weighted by atomic mass is 16.8. The highest BCUT2D eigenvalue weighted by Crippen LogP contribution is 2.71. The second kappa shape index (κ2) is 16.9. The van der Waals surface area contributed by atoms with Crippen LogP contribution in [0.5, 0.6) is 0 Å². The molecule has 9 fully saturated rings. The van der Waals surface area contributed by atoms with Crippen molar-refractivity contribution in [2.75, 3.05) is 13.2 Å². The van der Waals surface area contributed by atoms with Crippen molar-refractivity contribution in [3.05, 3.63) is 0 Å². The van der Waals surface area contributed by atoms with Crippen LogP contribution in [0.25, 0.3) is 0 Å². The van der Waals surface area contributed by atoms with Crippen LogP contribution in [0.4, 0.5) is 0 Å². The van der Waals surface area contributed by atoms with Gasteiger partial charge in [-0.1, -0.05) is 27.7 Å². The summed E-state index contributed by atoms with van der Waals surface area (Å²) in [4.78, 5) is 0. The lowest BCUT2D eigenvalue weighted by Crippen LogP contribution is -2.65. The summed E-state index contributed by atoms with van der Waals surface area (Å²) in [5.41, 5.74) is 0.383. The van der Waals surface area contributed by atoms with Gasteiger partial charge in [0.15, 0.2) is 24.7 Å². The summed E-state index contributed by atoms with van der Waals surface area (Å²) in [7, 11) is 0. The molecule has 0 aromatic rings. The van der Waals surface area contributed by atoms with E-state index in [9.17, 15) is 40.9 Å². The fourth-order valence-electron chi connectivity index (χ4n) is 14.5. The molecular formula is C45H74O16. The van der Waals surface area contributed by atoms with Crippen LogP contribution >= 0.6 is 0 Å². The predicted octanol–water partition coefficient (Wildman–Crippen LogP) is 1.32. The largest absolute Gasteiger partial charge is 0.388 e. The van der Waals surface area contributed by atoms with Gasteiger partial charge >= 0.3 is 0 Å². The van der Waals surface area contributed by atoms with E-state index in [0.717, 1.165) is 51.6 Å². The van der Waals surface area contributed by atoms with Gasteiger partial charge in [0.1, 0.15) is 61.0 Å². The van der Waals surface area contributed by atoms with Crippen LogP contribution in [0, 0.1) is 52.3 Å².